The van der Waals surface area contributed by atoms with Crippen LogP contribution in [0.1, 0.15) is 16.8 Å². The number of nitrogens with one attached hydrogen (secondary N) is 1. The van der Waals surface area contributed by atoms with Crippen molar-refractivity contribution >= 4 is 27.5 Å². The van der Waals surface area contributed by atoms with Crippen LogP contribution in [0, 0.1) is 0 Å². The van der Waals surface area contributed by atoms with Crippen molar-refractivity contribution in [2.45, 2.75) is 6.42 Å². The summed E-state index contributed by atoms with van der Waals surface area (Å²) in [5.74, 6) is 0.0208. The molecule has 2 rings (SSSR count). The van der Waals surface area contributed by atoms with Crippen molar-refractivity contribution in [3.63, 3.8) is 0 Å². The third kappa shape index (κ3) is 2.98. The number of carbonyl (C=O) groups is 1. The molecule has 1 saturated heterocycles. The molecule has 0 aliphatic carbocycles. The Morgan fingerprint density at radius 1 is 1.35 bits per heavy atom. The van der Waals surface area contributed by atoms with Crippen molar-refractivity contribution in [1.82, 2.24) is 10.2 Å². The van der Waals surface area contributed by atoms with E-state index in [2.05, 4.69) is 21.2 Å². The van der Waals surface area contributed by atoms with Crippen LogP contribution in [0.3, 0.4) is 0 Å². The normalized spacial score (nSPS) is 16.6. The van der Waals surface area contributed by atoms with E-state index in [-0.39, 0.29) is 5.91 Å². The van der Waals surface area contributed by atoms with E-state index in [4.69, 9.17) is 5.73 Å². The minimum absolute atomic E-state index is 0.0208. The van der Waals surface area contributed by atoms with Crippen LogP contribution in [-0.2, 0) is 0 Å². The van der Waals surface area contributed by atoms with Gasteiger partial charge in [0.05, 0.1) is 5.56 Å². The largest absolute Gasteiger partial charge is 0.398 e. The van der Waals surface area contributed by atoms with Crippen molar-refractivity contribution in [3.05, 3.63) is 28.2 Å². The first-order valence-electron chi connectivity index (χ1n) is 5.73. The fraction of sp³-hybridized carbons (Fsp3) is 0.417. The molecule has 1 aliphatic rings. The summed E-state index contributed by atoms with van der Waals surface area (Å²) in [6.45, 7) is 3.35. The summed E-state index contributed by atoms with van der Waals surface area (Å²) in [6, 6.07) is 5.39. The molecule has 5 heteroatoms. The van der Waals surface area contributed by atoms with Crippen LogP contribution in [-0.4, -0.2) is 37.0 Å². The highest BCUT2D eigenvalue weighted by Gasteiger charge is 2.19. The SMILES string of the molecule is Nc1ccc(Br)cc1C(=O)N1CCCNCC1. The molecular formula is C12H16BrN3O. The zero-order chi connectivity index (χ0) is 12.3. The van der Waals surface area contributed by atoms with Gasteiger partial charge < -0.3 is 16.0 Å². The van der Waals surface area contributed by atoms with Gasteiger partial charge in [-0.05, 0) is 31.2 Å². The zero-order valence-electron chi connectivity index (χ0n) is 9.58. The first-order valence-corrected chi connectivity index (χ1v) is 6.53. The van der Waals surface area contributed by atoms with Gasteiger partial charge in [0, 0.05) is 29.8 Å². The Balaban J connectivity index is 2.20. The average molecular weight is 298 g/mol. The summed E-state index contributed by atoms with van der Waals surface area (Å²) in [5, 5.41) is 3.28. The van der Waals surface area contributed by atoms with Crippen LogP contribution in [0.4, 0.5) is 5.69 Å². The number of nitrogens with zero attached hydrogens (tertiary/aromatic N) is 1. The van der Waals surface area contributed by atoms with Crippen LogP contribution < -0.4 is 11.1 Å². The topological polar surface area (TPSA) is 58.4 Å². The first kappa shape index (κ1) is 12.4. The maximum atomic E-state index is 12.3. The van der Waals surface area contributed by atoms with Crippen LogP contribution in [0.2, 0.25) is 0 Å². The lowest BCUT2D eigenvalue weighted by atomic mass is 10.1. The summed E-state index contributed by atoms with van der Waals surface area (Å²) in [5.41, 5.74) is 6.97. The third-order valence-corrected chi connectivity index (χ3v) is 3.37. The van der Waals surface area contributed by atoms with Crippen molar-refractivity contribution < 1.29 is 4.79 Å². The maximum absolute atomic E-state index is 12.3. The molecular weight excluding hydrogens is 282 g/mol. The second-order valence-corrected chi connectivity index (χ2v) is 5.04. The minimum Gasteiger partial charge on any atom is -0.398 e. The lowest BCUT2D eigenvalue weighted by Crippen LogP contribution is -2.34. The van der Waals surface area contributed by atoms with Gasteiger partial charge in [0.1, 0.15) is 0 Å². The highest BCUT2D eigenvalue weighted by molar-refractivity contribution is 9.10. The molecule has 1 fully saturated rings. The second-order valence-electron chi connectivity index (χ2n) is 4.13. The highest BCUT2D eigenvalue weighted by Crippen LogP contribution is 2.20. The van der Waals surface area contributed by atoms with Gasteiger partial charge in [-0.25, -0.2) is 0 Å². The number of carbonyl (C=O) groups excluding carboxylic acids is 1. The lowest BCUT2D eigenvalue weighted by molar-refractivity contribution is 0.0767. The molecule has 92 valence electrons. The van der Waals surface area contributed by atoms with Gasteiger partial charge in [0.2, 0.25) is 0 Å². The second kappa shape index (κ2) is 5.51. The summed E-state index contributed by atoms with van der Waals surface area (Å²) >= 11 is 3.37. The Bertz CT molecular complexity index is 414. The molecule has 1 aromatic carbocycles. The molecule has 4 nitrogen and oxygen atoms in total. The maximum Gasteiger partial charge on any atom is 0.256 e. The zero-order valence-corrected chi connectivity index (χ0v) is 11.2. The van der Waals surface area contributed by atoms with Crippen molar-refractivity contribution in [1.29, 1.82) is 0 Å². The van der Waals surface area contributed by atoms with Crippen LogP contribution >= 0.6 is 15.9 Å². The summed E-state index contributed by atoms with van der Waals surface area (Å²) in [7, 11) is 0. The number of benzene rings is 1. The molecule has 0 unspecified atom stereocenters. The monoisotopic (exact) mass is 297 g/mol. The number of nitrogens with two attached hydrogens (primary N) is 1. The van der Waals surface area contributed by atoms with Gasteiger partial charge in [0.25, 0.3) is 5.91 Å². The van der Waals surface area contributed by atoms with Crippen molar-refractivity contribution in [2.75, 3.05) is 31.9 Å². The number of anilines is 1. The van der Waals surface area contributed by atoms with Crippen molar-refractivity contribution in [2.24, 2.45) is 0 Å². The molecule has 0 atom stereocenters. The summed E-state index contributed by atoms with van der Waals surface area (Å²) < 4.78 is 0.878. The molecule has 0 aromatic heterocycles. The van der Waals surface area contributed by atoms with E-state index in [1.165, 1.54) is 0 Å². The van der Waals surface area contributed by atoms with E-state index < -0.39 is 0 Å². The van der Waals surface area contributed by atoms with Gasteiger partial charge in [-0.2, -0.15) is 0 Å². The Hall–Kier alpha value is -1.07. The predicted octanol–water partition coefficient (Wildman–Crippen LogP) is 1.47. The van der Waals surface area contributed by atoms with E-state index in [1.54, 1.807) is 12.1 Å². The molecule has 1 aromatic rings. The van der Waals surface area contributed by atoms with Crippen LogP contribution in [0.5, 0.6) is 0 Å². The Morgan fingerprint density at radius 3 is 3.00 bits per heavy atom. The minimum atomic E-state index is 0.0208. The smallest absolute Gasteiger partial charge is 0.256 e. The fourth-order valence-corrected chi connectivity index (χ4v) is 2.29. The van der Waals surface area contributed by atoms with Crippen molar-refractivity contribution in [3.8, 4) is 0 Å². The summed E-state index contributed by atoms with van der Waals surface area (Å²) in [6.07, 6.45) is 0.986. The molecule has 1 amide bonds. The molecule has 1 aliphatic heterocycles. The van der Waals surface area contributed by atoms with E-state index in [9.17, 15) is 4.79 Å². The van der Waals surface area contributed by atoms with Crippen LogP contribution in [0.15, 0.2) is 22.7 Å². The summed E-state index contributed by atoms with van der Waals surface area (Å²) in [4.78, 5) is 14.2. The molecule has 0 bridgehead atoms. The number of nitrogen functional groups attached to an aromatic ring is 1. The van der Waals surface area contributed by atoms with E-state index in [0.717, 1.165) is 37.1 Å². The van der Waals surface area contributed by atoms with E-state index in [1.807, 2.05) is 11.0 Å². The molecule has 0 saturated carbocycles. The van der Waals surface area contributed by atoms with E-state index in [0.29, 0.717) is 11.3 Å². The number of hydrogen-bond donors (Lipinski definition) is 2. The first-order chi connectivity index (χ1) is 8.18. The molecule has 3 N–H and O–H groups in total. The number of amides is 1. The Kier molecular flexibility index (Phi) is 4.02. The Morgan fingerprint density at radius 2 is 2.18 bits per heavy atom. The van der Waals surface area contributed by atoms with Gasteiger partial charge in [0.15, 0.2) is 0 Å². The molecule has 1 heterocycles. The molecule has 0 spiro atoms. The average Bonchev–Trinajstić information content (AvgIpc) is 2.60. The number of halogens is 1. The van der Waals surface area contributed by atoms with Crippen LogP contribution in [0.25, 0.3) is 0 Å². The highest BCUT2D eigenvalue weighted by atomic mass is 79.9. The van der Waals surface area contributed by atoms with Gasteiger partial charge in [-0.3, -0.25) is 4.79 Å². The quantitative estimate of drug-likeness (QED) is 0.772. The number of hydrogen-bond acceptors (Lipinski definition) is 3. The molecule has 17 heavy (non-hydrogen) atoms. The Labute approximate surface area is 109 Å². The fourth-order valence-electron chi connectivity index (χ4n) is 1.93. The predicted molar refractivity (Wildman–Crippen MR) is 71.9 cm³/mol. The third-order valence-electron chi connectivity index (χ3n) is 2.87. The van der Waals surface area contributed by atoms with Gasteiger partial charge >= 0.3 is 0 Å². The van der Waals surface area contributed by atoms with Gasteiger partial charge in [-0.1, -0.05) is 15.9 Å². The number of rotatable bonds is 1. The standard InChI is InChI=1S/C12H16BrN3O/c13-9-2-3-11(14)10(8-9)12(17)16-6-1-4-15-5-7-16/h2-3,8,15H,1,4-7,14H2. The van der Waals surface area contributed by atoms with Gasteiger partial charge in [-0.15, -0.1) is 0 Å². The van der Waals surface area contributed by atoms with E-state index >= 15 is 0 Å². The molecule has 0 radical (unpaired) electrons. The lowest BCUT2D eigenvalue weighted by Gasteiger charge is -2.20.